The normalized spacial score (nSPS) is 20.6. The highest BCUT2D eigenvalue weighted by atomic mass is 16.6. The molecule has 0 amide bonds. The standard InChI is InChI=1S/C20H24N2O/c1-23-21-19-12-13-22(16-18-10-6-3-7-11-18)20(15-19)14-17-8-4-2-5-9-17/h2-11,20H,12-16H2,1H3/b21-19-/t20-/m1/s1. The lowest BCUT2D eigenvalue weighted by molar-refractivity contribution is 0.169. The van der Waals surface area contributed by atoms with Crippen LogP contribution in [0.1, 0.15) is 24.0 Å². The number of hydrogen-bond acceptors (Lipinski definition) is 3. The van der Waals surface area contributed by atoms with Gasteiger partial charge in [-0.05, 0) is 17.5 Å². The fourth-order valence-electron chi connectivity index (χ4n) is 3.28. The summed E-state index contributed by atoms with van der Waals surface area (Å²) in [5.74, 6) is 0. The van der Waals surface area contributed by atoms with Gasteiger partial charge in [-0.25, -0.2) is 0 Å². The van der Waals surface area contributed by atoms with E-state index in [0.717, 1.165) is 32.4 Å². The van der Waals surface area contributed by atoms with Crippen LogP contribution >= 0.6 is 0 Å². The maximum absolute atomic E-state index is 5.00. The minimum atomic E-state index is 0.472. The van der Waals surface area contributed by atoms with Gasteiger partial charge >= 0.3 is 0 Å². The molecule has 0 N–H and O–H groups in total. The number of oxime groups is 1. The largest absolute Gasteiger partial charge is 0.399 e. The summed E-state index contributed by atoms with van der Waals surface area (Å²) in [6.45, 7) is 2.03. The molecule has 120 valence electrons. The second-order valence-corrected chi connectivity index (χ2v) is 6.09. The Kier molecular flexibility index (Phi) is 5.43. The monoisotopic (exact) mass is 308 g/mol. The van der Waals surface area contributed by atoms with Crippen molar-refractivity contribution < 1.29 is 4.84 Å². The molecule has 2 aromatic carbocycles. The highest BCUT2D eigenvalue weighted by Crippen LogP contribution is 2.22. The fourth-order valence-corrected chi connectivity index (χ4v) is 3.28. The Bertz CT molecular complexity index is 625. The first-order chi connectivity index (χ1) is 11.3. The van der Waals surface area contributed by atoms with E-state index in [2.05, 4.69) is 70.7 Å². The Morgan fingerprint density at radius 2 is 1.65 bits per heavy atom. The SMILES string of the molecule is CO/N=C1/CCN(Cc2ccccc2)[C@H](Cc2ccccc2)C1. The third-order valence-corrected chi connectivity index (χ3v) is 4.44. The Morgan fingerprint density at radius 3 is 2.30 bits per heavy atom. The van der Waals surface area contributed by atoms with Crippen LogP contribution in [-0.2, 0) is 17.8 Å². The molecular weight excluding hydrogens is 284 g/mol. The zero-order valence-electron chi connectivity index (χ0n) is 13.7. The van der Waals surface area contributed by atoms with Crippen LogP contribution in [0.15, 0.2) is 65.8 Å². The number of nitrogens with zero attached hydrogens (tertiary/aromatic N) is 2. The second-order valence-electron chi connectivity index (χ2n) is 6.09. The fraction of sp³-hybridized carbons (Fsp3) is 0.350. The van der Waals surface area contributed by atoms with Gasteiger partial charge in [-0.2, -0.15) is 0 Å². The van der Waals surface area contributed by atoms with Gasteiger partial charge in [-0.15, -0.1) is 0 Å². The van der Waals surface area contributed by atoms with E-state index in [-0.39, 0.29) is 0 Å². The Labute approximate surface area is 138 Å². The van der Waals surface area contributed by atoms with Crippen molar-refractivity contribution in [2.75, 3.05) is 13.7 Å². The van der Waals surface area contributed by atoms with Gasteiger partial charge in [0.1, 0.15) is 7.11 Å². The minimum Gasteiger partial charge on any atom is -0.399 e. The molecule has 1 heterocycles. The molecule has 23 heavy (non-hydrogen) atoms. The van der Waals surface area contributed by atoms with E-state index in [1.54, 1.807) is 7.11 Å². The van der Waals surface area contributed by atoms with Crippen molar-refractivity contribution in [1.82, 2.24) is 4.90 Å². The van der Waals surface area contributed by atoms with E-state index in [1.165, 1.54) is 16.8 Å². The molecule has 2 aromatic rings. The molecule has 1 atom stereocenters. The lowest BCUT2D eigenvalue weighted by Crippen LogP contribution is -2.43. The smallest absolute Gasteiger partial charge is 0.106 e. The van der Waals surface area contributed by atoms with E-state index >= 15 is 0 Å². The summed E-state index contributed by atoms with van der Waals surface area (Å²) < 4.78 is 0. The number of hydrogen-bond donors (Lipinski definition) is 0. The number of rotatable bonds is 5. The van der Waals surface area contributed by atoms with Crippen LogP contribution in [0, 0.1) is 0 Å². The molecule has 1 fully saturated rings. The lowest BCUT2D eigenvalue weighted by Gasteiger charge is -2.36. The predicted octanol–water partition coefficient (Wildman–Crippen LogP) is 3.90. The second kappa shape index (κ2) is 7.93. The predicted molar refractivity (Wildman–Crippen MR) is 94.5 cm³/mol. The highest BCUT2D eigenvalue weighted by molar-refractivity contribution is 5.85. The summed E-state index contributed by atoms with van der Waals surface area (Å²) >= 11 is 0. The first-order valence-corrected chi connectivity index (χ1v) is 8.26. The van der Waals surface area contributed by atoms with Crippen molar-refractivity contribution in [3.63, 3.8) is 0 Å². The van der Waals surface area contributed by atoms with Crippen LogP contribution in [-0.4, -0.2) is 30.3 Å². The van der Waals surface area contributed by atoms with Gasteiger partial charge in [0, 0.05) is 32.0 Å². The molecule has 0 aromatic heterocycles. The van der Waals surface area contributed by atoms with Crippen LogP contribution in [0.2, 0.25) is 0 Å². The quantitative estimate of drug-likeness (QED) is 0.783. The molecule has 0 aliphatic carbocycles. The molecule has 3 nitrogen and oxygen atoms in total. The van der Waals surface area contributed by atoms with E-state index in [9.17, 15) is 0 Å². The molecular formula is C20H24N2O. The van der Waals surface area contributed by atoms with Crippen LogP contribution in [0.4, 0.5) is 0 Å². The average molecular weight is 308 g/mol. The maximum atomic E-state index is 5.00. The maximum Gasteiger partial charge on any atom is 0.106 e. The van der Waals surface area contributed by atoms with E-state index in [0.29, 0.717) is 6.04 Å². The average Bonchev–Trinajstić information content (AvgIpc) is 2.59. The third-order valence-electron chi connectivity index (χ3n) is 4.44. The summed E-state index contributed by atoms with van der Waals surface area (Å²) in [6.07, 6.45) is 3.03. The molecule has 0 spiro atoms. The lowest BCUT2D eigenvalue weighted by atomic mass is 9.93. The summed E-state index contributed by atoms with van der Waals surface area (Å²) in [6, 6.07) is 21.9. The van der Waals surface area contributed by atoms with Crippen LogP contribution < -0.4 is 0 Å². The van der Waals surface area contributed by atoms with Crippen molar-refractivity contribution >= 4 is 5.71 Å². The molecule has 1 aliphatic heterocycles. The Morgan fingerprint density at radius 1 is 1.00 bits per heavy atom. The van der Waals surface area contributed by atoms with Crippen LogP contribution in [0.3, 0.4) is 0 Å². The molecule has 0 saturated carbocycles. The van der Waals surface area contributed by atoms with Gasteiger partial charge in [-0.1, -0.05) is 65.8 Å². The Hall–Kier alpha value is -2.13. The first kappa shape index (κ1) is 15.8. The first-order valence-electron chi connectivity index (χ1n) is 8.26. The van der Waals surface area contributed by atoms with Gasteiger partial charge in [0.15, 0.2) is 0 Å². The topological polar surface area (TPSA) is 24.8 Å². The Balaban J connectivity index is 1.74. The van der Waals surface area contributed by atoms with Crippen molar-refractivity contribution in [3.8, 4) is 0 Å². The van der Waals surface area contributed by atoms with Crippen LogP contribution in [0.5, 0.6) is 0 Å². The highest BCUT2D eigenvalue weighted by Gasteiger charge is 2.26. The van der Waals surface area contributed by atoms with E-state index in [1.807, 2.05) is 0 Å². The zero-order valence-corrected chi connectivity index (χ0v) is 13.7. The number of likely N-dealkylation sites (tertiary alicyclic amines) is 1. The minimum absolute atomic E-state index is 0.472. The van der Waals surface area contributed by atoms with Crippen LogP contribution in [0.25, 0.3) is 0 Å². The summed E-state index contributed by atoms with van der Waals surface area (Å²) in [5.41, 5.74) is 3.93. The number of benzene rings is 2. The molecule has 3 rings (SSSR count). The summed E-state index contributed by atoms with van der Waals surface area (Å²) in [7, 11) is 1.63. The molecule has 3 heteroatoms. The number of piperidine rings is 1. The third kappa shape index (κ3) is 4.42. The zero-order chi connectivity index (χ0) is 15.9. The molecule has 1 saturated heterocycles. The van der Waals surface area contributed by atoms with Crippen molar-refractivity contribution in [1.29, 1.82) is 0 Å². The summed E-state index contributed by atoms with van der Waals surface area (Å²) in [4.78, 5) is 7.58. The van der Waals surface area contributed by atoms with Gasteiger partial charge in [0.05, 0.1) is 5.71 Å². The molecule has 0 radical (unpaired) electrons. The van der Waals surface area contributed by atoms with Gasteiger partial charge in [0.2, 0.25) is 0 Å². The van der Waals surface area contributed by atoms with E-state index < -0.39 is 0 Å². The molecule has 1 aliphatic rings. The van der Waals surface area contributed by atoms with Gasteiger partial charge in [0.25, 0.3) is 0 Å². The molecule has 0 unspecified atom stereocenters. The van der Waals surface area contributed by atoms with Crippen molar-refractivity contribution in [2.24, 2.45) is 5.16 Å². The molecule has 0 bridgehead atoms. The van der Waals surface area contributed by atoms with Gasteiger partial charge < -0.3 is 4.84 Å². The summed E-state index contributed by atoms with van der Waals surface area (Å²) in [5, 5.41) is 4.21. The van der Waals surface area contributed by atoms with Crippen molar-refractivity contribution in [3.05, 3.63) is 71.8 Å². The van der Waals surface area contributed by atoms with E-state index in [4.69, 9.17) is 4.84 Å². The van der Waals surface area contributed by atoms with Crippen molar-refractivity contribution in [2.45, 2.75) is 31.8 Å². The van der Waals surface area contributed by atoms with Gasteiger partial charge in [-0.3, -0.25) is 4.90 Å².